The maximum Gasteiger partial charge on any atom is 0.189 e. The molecule has 0 fully saturated rings. The molecule has 26 heavy (non-hydrogen) atoms. The summed E-state index contributed by atoms with van der Waals surface area (Å²) in [6.07, 6.45) is 1.83. The lowest BCUT2D eigenvalue weighted by atomic mass is 10.0. The van der Waals surface area contributed by atoms with Crippen LogP contribution in [0.5, 0.6) is 5.75 Å². The Morgan fingerprint density at radius 1 is 1.19 bits per heavy atom. The average molecular weight is 352 g/mol. The highest BCUT2D eigenvalue weighted by atomic mass is 16.5. The fourth-order valence-corrected chi connectivity index (χ4v) is 3.22. The molecule has 0 spiro atoms. The van der Waals surface area contributed by atoms with Crippen LogP contribution in [0.4, 0.5) is 0 Å². The number of hydrogen-bond donors (Lipinski definition) is 2. The molecule has 3 rings (SSSR count). The molecule has 0 amide bonds. The smallest absolute Gasteiger partial charge is 0.189 e. The number of hydrogen-bond acceptors (Lipinski definition) is 3. The van der Waals surface area contributed by atoms with E-state index in [1.165, 1.54) is 5.56 Å². The van der Waals surface area contributed by atoms with Crippen LogP contribution in [-0.4, -0.2) is 44.1 Å². The zero-order valence-corrected chi connectivity index (χ0v) is 15.6. The highest BCUT2D eigenvalue weighted by Gasteiger charge is 2.21. The third kappa shape index (κ3) is 4.76. The van der Waals surface area contributed by atoms with Crippen molar-refractivity contribution in [1.82, 2.24) is 10.2 Å². The summed E-state index contributed by atoms with van der Waals surface area (Å²) >= 11 is 0. The molecule has 0 aromatic heterocycles. The lowest BCUT2D eigenvalue weighted by Gasteiger charge is -2.27. The molecule has 0 saturated carbocycles. The van der Waals surface area contributed by atoms with Crippen LogP contribution >= 0.6 is 0 Å². The van der Waals surface area contributed by atoms with Crippen LogP contribution < -0.4 is 15.8 Å². The van der Waals surface area contributed by atoms with Gasteiger partial charge < -0.3 is 20.7 Å². The molecule has 0 radical (unpaired) electrons. The van der Waals surface area contributed by atoms with Crippen LogP contribution in [-0.2, 0) is 6.42 Å². The van der Waals surface area contributed by atoms with Crippen LogP contribution in [0.3, 0.4) is 0 Å². The number of para-hydroxylation sites is 1. The number of fused-ring (bicyclic) bond motifs is 1. The molecule has 2 atom stereocenters. The van der Waals surface area contributed by atoms with Crippen molar-refractivity contribution in [2.24, 2.45) is 10.7 Å². The zero-order chi connectivity index (χ0) is 18.4. The number of likely N-dealkylation sites (N-methyl/N-ethyl adjacent to an activating group) is 1. The van der Waals surface area contributed by atoms with E-state index < -0.39 is 0 Å². The molecule has 0 saturated heterocycles. The van der Waals surface area contributed by atoms with Gasteiger partial charge in [0.2, 0.25) is 0 Å². The van der Waals surface area contributed by atoms with Crippen molar-refractivity contribution < 1.29 is 4.74 Å². The number of ether oxygens (including phenoxy) is 1. The lowest BCUT2D eigenvalue weighted by Crippen LogP contribution is -2.39. The summed E-state index contributed by atoms with van der Waals surface area (Å²) in [6, 6.07) is 19.0. The maximum absolute atomic E-state index is 6.18. The largest absolute Gasteiger partial charge is 0.493 e. The van der Waals surface area contributed by atoms with Gasteiger partial charge in [0.1, 0.15) is 5.75 Å². The van der Waals surface area contributed by atoms with E-state index in [4.69, 9.17) is 10.5 Å². The first kappa shape index (κ1) is 18.3. The van der Waals surface area contributed by atoms with Crippen LogP contribution in [0.25, 0.3) is 0 Å². The molecule has 2 aromatic rings. The van der Waals surface area contributed by atoms with E-state index in [1.807, 2.05) is 24.3 Å². The van der Waals surface area contributed by atoms with Gasteiger partial charge in [-0.25, -0.2) is 0 Å². The second-order valence-corrected chi connectivity index (χ2v) is 6.90. The van der Waals surface area contributed by atoms with Crippen LogP contribution in [0, 0.1) is 0 Å². The third-order valence-corrected chi connectivity index (χ3v) is 4.80. The van der Waals surface area contributed by atoms with E-state index in [-0.39, 0.29) is 6.04 Å². The fraction of sp³-hybridized carbons (Fsp3) is 0.381. The van der Waals surface area contributed by atoms with Gasteiger partial charge >= 0.3 is 0 Å². The standard InChI is InChI=1S/C21H28N4O/c1-25(2)17(14-16-8-4-3-5-9-16)15-23-21(22)24-19-12-13-26-20-11-7-6-10-18(19)20/h3-11,17,19H,12-15H2,1-2H3,(H3,22,23,24). The van der Waals surface area contributed by atoms with Gasteiger partial charge in [-0.3, -0.25) is 4.99 Å². The summed E-state index contributed by atoms with van der Waals surface area (Å²) < 4.78 is 5.70. The SMILES string of the molecule is CN(C)C(CN=C(N)NC1CCOc2ccccc21)Cc1ccccc1. The van der Waals surface area contributed by atoms with Crippen molar-refractivity contribution in [3.8, 4) is 5.75 Å². The monoisotopic (exact) mass is 352 g/mol. The van der Waals surface area contributed by atoms with E-state index in [2.05, 4.69) is 59.6 Å². The summed E-state index contributed by atoms with van der Waals surface area (Å²) in [5, 5.41) is 3.36. The minimum atomic E-state index is 0.149. The quantitative estimate of drug-likeness (QED) is 0.620. The Kier molecular flexibility index (Phi) is 6.12. The second kappa shape index (κ2) is 8.72. The van der Waals surface area contributed by atoms with E-state index in [0.717, 1.165) is 24.2 Å². The number of nitrogens with one attached hydrogen (secondary N) is 1. The van der Waals surface area contributed by atoms with Gasteiger partial charge in [-0.1, -0.05) is 48.5 Å². The number of rotatable bonds is 6. The first-order chi connectivity index (χ1) is 12.6. The van der Waals surface area contributed by atoms with Crippen molar-refractivity contribution in [3.05, 3.63) is 65.7 Å². The molecule has 0 aliphatic carbocycles. The Morgan fingerprint density at radius 2 is 1.92 bits per heavy atom. The molecule has 1 aliphatic heterocycles. The number of aliphatic imine (C=N–C) groups is 1. The Labute approximate surface area is 155 Å². The molecular formula is C21H28N4O. The van der Waals surface area contributed by atoms with Crippen LogP contribution in [0.1, 0.15) is 23.6 Å². The highest BCUT2D eigenvalue weighted by Crippen LogP contribution is 2.31. The summed E-state index contributed by atoms with van der Waals surface area (Å²) in [6.45, 7) is 1.35. The summed E-state index contributed by atoms with van der Waals surface area (Å²) in [4.78, 5) is 6.81. The molecule has 1 heterocycles. The summed E-state index contributed by atoms with van der Waals surface area (Å²) in [5.74, 6) is 1.42. The van der Waals surface area contributed by atoms with Gasteiger partial charge in [0, 0.05) is 18.0 Å². The Morgan fingerprint density at radius 3 is 2.69 bits per heavy atom. The molecular weight excluding hydrogens is 324 g/mol. The van der Waals surface area contributed by atoms with Gasteiger partial charge in [0.15, 0.2) is 5.96 Å². The minimum absolute atomic E-state index is 0.149. The van der Waals surface area contributed by atoms with E-state index in [9.17, 15) is 0 Å². The average Bonchev–Trinajstić information content (AvgIpc) is 2.66. The van der Waals surface area contributed by atoms with Crippen molar-refractivity contribution in [3.63, 3.8) is 0 Å². The summed E-state index contributed by atoms with van der Waals surface area (Å²) in [7, 11) is 4.17. The third-order valence-electron chi connectivity index (χ3n) is 4.80. The molecule has 2 aromatic carbocycles. The molecule has 138 valence electrons. The molecule has 2 unspecified atom stereocenters. The molecule has 5 nitrogen and oxygen atoms in total. The Balaban J connectivity index is 1.62. The van der Waals surface area contributed by atoms with Crippen molar-refractivity contribution >= 4 is 5.96 Å². The number of benzene rings is 2. The second-order valence-electron chi connectivity index (χ2n) is 6.90. The first-order valence-electron chi connectivity index (χ1n) is 9.12. The topological polar surface area (TPSA) is 62.9 Å². The molecule has 1 aliphatic rings. The predicted molar refractivity (Wildman–Crippen MR) is 107 cm³/mol. The minimum Gasteiger partial charge on any atom is -0.493 e. The first-order valence-corrected chi connectivity index (χ1v) is 9.12. The van der Waals surface area contributed by atoms with Gasteiger partial charge in [-0.15, -0.1) is 0 Å². The number of nitrogens with zero attached hydrogens (tertiary/aromatic N) is 2. The molecule has 3 N–H and O–H groups in total. The van der Waals surface area contributed by atoms with Crippen molar-refractivity contribution in [2.75, 3.05) is 27.2 Å². The highest BCUT2D eigenvalue weighted by molar-refractivity contribution is 5.78. The molecule has 0 bridgehead atoms. The zero-order valence-electron chi connectivity index (χ0n) is 15.6. The Bertz CT molecular complexity index is 730. The van der Waals surface area contributed by atoms with E-state index >= 15 is 0 Å². The van der Waals surface area contributed by atoms with E-state index in [1.54, 1.807) is 0 Å². The summed E-state index contributed by atoms with van der Waals surface area (Å²) in [5.41, 5.74) is 8.64. The van der Waals surface area contributed by atoms with Crippen LogP contribution in [0.15, 0.2) is 59.6 Å². The van der Waals surface area contributed by atoms with Crippen LogP contribution in [0.2, 0.25) is 0 Å². The Hall–Kier alpha value is -2.53. The maximum atomic E-state index is 6.18. The van der Waals surface area contributed by atoms with Crippen molar-refractivity contribution in [1.29, 1.82) is 0 Å². The van der Waals surface area contributed by atoms with Gasteiger partial charge in [0.25, 0.3) is 0 Å². The number of nitrogens with two attached hydrogens (primary N) is 1. The van der Waals surface area contributed by atoms with Gasteiger partial charge in [-0.2, -0.15) is 0 Å². The van der Waals surface area contributed by atoms with Crippen molar-refractivity contribution in [2.45, 2.75) is 24.9 Å². The lowest BCUT2D eigenvalue weighted by molar-refractivity contribution is 0.262. The number of guanidine groups is 1. The fourth-order valence-electron chi connectivity index (χ4n) is 3.22. The van der Waals surface area contributed by atoms with Gasteiger partial charge in [-0.05, 0) is 32.1 Å². The molecule has 5 heteroatoms. The predicted octanol–water partition coefficient (Wildman–Crippen LogP) is 2.59. The van der Waals surface area contributed by atoms with Gasteiger partial charge in [0.05, 0.1) is 19.2 Å². The van der Waals surface area contributed by atoms with E-state index in [0.29, 0.717) is 25.2 Å². The normalized spacial score (nSPS) is 18.1.